The first-order valence-corrected chi connectivity index (χ1v) is 5.27. The molecule has 0 bridgehead atoms. The number of nitrogens with zero attached hydrogens (tertiary/aromatic N) is 2. The zero-order chi connectivity index (χ0) is 13.1. The lowest BCUT2D eigenvalue weighted by molar-refractivity contribution is 0.362. The summed E-state index contributed by atoms with van der Waals surface area (Å²) in [7, 11) is 1.40. The predicted molar refractivity (Wildman–Crippen MR) is 64.5 cm³/mol. The Morgan fingerprint density at radius 1 is 1.39 bits per heavy atom. The Kier molecular flexibility index (Phi) is 3.47. The number of rotatable bonds is 3. The molecule has 1 heterocycles. The van der Waals surface area contributed by atoms with Crippen molar-refractivity contribution in [2.75, 3.05) is 12.8 Å². The van der Waals surface area contributed by atoms with Crippen LogP contribution in [-0.2, 0) is 0 Å². The minimum Gasteiger partial charge on any atom is -0.467 e. The molecule has 0 saturated heterocycles. The SMILES string of the molecule is COc1ncc(Cl)c(Oc2ccc(N)cc2F)n1. The quantitative estimate of drug-likeness (QED) is 0.868. The van der Waals surface area contributed by atoms with Gasteiger partial charge >= 0.3 is 6.01 Å². The van der Waals surface area contributed by atoms with E-state index in [1.807, 2.05) is 0 Å². The first kappa shape index (κ1) is 12.4. The molecule has 0 aliphatic rings. The van der Waals surface area contributed by atoms with E-state index < -0.39 is 5.82 Å². The van der Waals surface area contributed by atoms with Gasteiger partial charge in [-0.15, -0.1) is 0 Å². The van der Waals surface area contributed by atoms with Crippen LogP contribution in [0, 0.1) is 5.82 Å². The molecule has 0 spiro atoms. The van der Waals surface area contributed by atoms with E-state index in [1.54, 1.807) is 0 Å². The van der Waals surface area contributed by atoms with Gasteiger partial charge in [-0.25, -0.2) is 9.37 Å². The minimum atomic E-state index is -0.608. The van der Waals surface area contributed by atoms with E-state index in [4.69, 9.17) is 26.8 Å². The van der Waals surface area contributed by atoms with Crippen molar-refractivity contribution in [3.63, 3.8) is 0 Å². The van der Waals surface area contributed by atoms with Crippen molar-refractivity contribution in [3.8, 4) is 17.6 Å². The minimum absolute atomic E-state index is 0.00666. The summed E-state index contributed by atoms with van der Waals surface area (Å²) in [6, 6.07) is 4.10. The second-order valence-corrected chi connectivity index (χ2v) is 3.71. The first-order chi connectivity index (χ1) is 8.60. The molecule has 94 valence electrons. The summed E-state index contributed by atoms with van der Waals surface area (Å²) in [6.45, 7) is 0. The van der Waals surface area contributed by atoms with Gasteiger partial charge in [-0.3, -0.25) is 0 Å². The Balaban J connectivity index is 2.33. The fourth-order valence-electron chi connectivity index (χ4n) is 1.21. The molecule has 18 heavy (non-hydrogen) atoms. The maximum absolute atomic E-state index is 13.5. The number of anilines is 1. The summed E-state index contributed by atoms with van der Waals surface area (Å²) in [6.07, 6.45) is 1.30. The molecule has 7 heteroatoms. The summed E-state index contributed by atoms with van der Waals surface area (Å²) in [5.41, 5.74) is 5.73. The largest absolute Gasteiger partial charge is 0.467 e. The monoisotopic (exact) mass is 269 g/mol. The second-order valence-electron chi connectivity index (χ2n) is 3.30. The van der Waals surface area contributed by atoms with Crippen LogP contribution >= 0.6 is 11.6 Å². The number of hydrogen-bond donors (Lipinski definition) is 1. The van der Waals surface area contributed by atoms with Gasteiger partial charge in [0.2, 0.25) is 5.88 Å². The predicted octanol–water partition coefficient (Wildman–Crippen LogP) is 2.65. The summed E-state index contributed by atoms with van der Waals surface area (Å²) < 4.78 is 23.6. The molecule has 0 saturated carbocycles. The Morgan fingerprint density at radius 3 is 2.83 bits per heavy atom. The molecule has 0 aliphatic carbocycles. The first-order valence-electron chi connectivity index (χ1n) is 4.89. The number of halogens is 2. The molecule has 2 rings (SSSR count). The van der Waals surface area contributed by atoms with E-state index in [0.29, 0.717) is 5.69 Å². The van der Waals surface area contributed by atoms with E-state index in [0.717, 1.165) is 6.07 Å². The molecule has 1 aromatic carbocycles. The van der Waals surface area contributed by atoms with Crippen molar-refractivity contribution >= 4 is 17.3 Å². The van der Waals surface area contributed by atoms with E-state index in [1.165, 1.54) is 25.4 Å². The van der Waals surface area contributed by atoms with Gasteiger partial charge in [0.1, 0.15) is 5.02 Å². The standard InChI is InChI=1S/C11H9ClFN3O2/c1-17-11-15-5-7(12)10(16-11)18-9-3-2-6(14)4-8(9)13/h2-5H,14H2,1H3. The third-order valence-corrected chi connectivity index (χ3v) is 2.29. The Morgan fingerprint density at radius 2 is 2.17 bits per heavy atom. The molecule has 0 fully saturated rings. The summed E-state index contributed by atoms with van der Waals surface area (Å²) in [4.78, 5) is 7.64. The molecule has 0 atom stereocenters. The number of nitrogens with two attached hydrogens (primary N) is 1. The number of aromatic nitrogens is 2. The summed E-state index contributed by atoms with van der Waals surface area (Å²) >= 11 is 5.83. The smallest absolute Gasteiger partial charge is 0.319 e. The summed E-state index contributed by atoms with van der Waals surface area (Å²) in [5.74, 6) is -0.636. The highest BCUT2D eigenvalue weighted by Crippen LogP contribution is 2.30. The van der Waals surface area contributed by atoms with Gasteiger partial charge in [-0.05, 0) is 12.1 Å². The average Bonchev–Trinajstić information content (AvgIpc) is 2.35. The van der Waals surface area contributed by atoms with Gasteiger partial charge in [0.05, 0.1) is 13.3 Å². The lowest BCUT2D eigenvalue weighted by Gasteiger charge is -2.08. The van der Waals surface area contributed by atoms with Crippen molar-refractivity contribution in [2.24, 2.45) is 0 Å². The van der Waals surface area contributed by atoms with E-state index in [2.05, 4.69) is 9.97 Å². The average molecular weight is 270 g/mol. The fraction of sp³-hybridized carbons (Fsp3) is 0.0909. The number of benzene rings is 1. The van der Waals surface area contributed by atoms with Crippen LogP contribution in [0.3, 0.4) is 0 Å². The van der Waals surface area contributed by atoms with E-state index in [9.17, 15) is 4.39 Å². The number of nitrogen functional groups attached to an aromatic ring is 1. The maximum atomic E-state index is 13.5. The zero-order valence-electron chi connectivity index (χ0n) is 9.35. The van der Waals surface area contributed by atoms with Gasteiger partial charge in [0, 0.05) is 11.8 Å². The molecule has 1 aromatic heterocycles. The van der Waals surface area contributed by atoms with Crippen LogP contribution in [0.5, 0.6) is 17.6 Å². The van der Waals surface area contributed by atoms with Crippen LogP contribution in [0.25, 0.3) is 0 Å². The van der Waals surface area contributed by atoms with Crippen LogP contribution < -0.4 is 15.2 Å². The van der Waals surface area contributed by atoms with Crippen molar-refractivity contribution in [1.82, 2.24) is 9.97 Å². The van der Waals surface area contributed by atoms with Crippen LogP contribution in [0.1, 0.15) is 0 Å². The Labute approximate surface area is 107 Å². The molecular weight excluding hydrogens is 261 g/mol. The van der Waals surface area contributed by atoms with E-state index in [-0.39, 0.29) is 22.7 Å². The lowest BCUT2D eigenvalue weighted by atomic mass is 10.3. The van der Waals surface area contributed by atoms with Gasteiger partial charge < -0.3 is 15.2 Å². The van der Waals surface area contributed by atoms with Crippen LogP contribution in [0.2, 0.25) is 5.02 Å². The van der Waals surface area contributed by atoms with Gasteiger partial charge in [-0.1, -0.05) is 11.6 Å². The Hall–Kier alpha value is -2.08. The molecule has 0 aliphatic heterocycles. The fourth-order valence-corrected chi connectivity index (χ4v) is 1.34. The lowest BCUT2D eigenvalue weighted by Crippen LogP contribution is -1.97. The van der Waals surface area contributed by atoms with Crippen LogP contribution in [0.4, 0.5) is 10.1 Å². The molecule has 0 unspecified atom stereocenters. The summed E-state index contributed by atoms with van der Waals surface area (Å²) in [5, 5.41) is 0.145. The van der Waals surface area contributed by atoms with Crippen molar-refractivity contribution in [3.05, 3.63) is 35.2 Å². The van der Waals surface area contributed by atoms with Crippen LogP contribution in [-0.4, -0.2) is 17.1 Å². The third kappa shape index (κ3) is 2.60. The normalized spacial score (nSPS) is 10.2. The molecule has 2 aromatic rings. The molecule has 0 radical (unpaired) electrons. The highest BCUT2D eigenvalue weighted by molar-refractivity contribution is 6.31. The number of methoxy groups -OCH3 is 1. The van der Waals surface area contributed by atoms with Crippen molar-refractivity contribution < 1.29 is 13.9 Å². The molecule has 2 N–H and O–H groups in total. The number of hydrogen-bond acceptors (Lipinski definition) is 5. The highest BCUT2D eigenvalue weighted by Gasteiger charge is 2.11. The maximum Gasteiger partial charge on any atom is 0.319 e. The van der Waals surface area contributed by atoms with Gasteiger partial charge in [0.25, 0.3) is 0 Å². The van der Waals surface area contributed by atoms with E-state index >= 15 is 0 Å². The topological polar surface area (TPSA) is 70.3 Å². The highest BCUT2D eigenvalue weighted by atomic mass is 35.5. The van der Waals surface area contributed by atoms with Gasteiger partial charge in [-0.2, -0.15) is 4.98 Å². The molecular formula is C11H9ClFN3O2. The molecule has 5 nitrogen and oxygen atoms in total. The van der Waals surface area contributed by atoms with Crippen LogP contribution in [0.15, 0.2) is 24.4 Å². The van der Waals surface area contributed by atoms with Gasteiger partial charge in [0.15, 0.2) is 11.6 Å². The number of ether oxygens (including phenoxy) is 2. The molecule has 0 amide bonds. The second kappa shape index (κ2) is 5.05. The zero-order valence-corrected chi connectivity index (χ0v) is 10.1. The van der Waals surface area contributed by atoms with Crippen molar-refractivity contribution in [2.45, 2.75) is 0 Å². The third-order valence-electron chi connectivity index (χ3n) is 2.03. The Bertz CT molecular complexity index is 580. The van der Waals surface area contributed by atoms with Crippen molar-refractivity contribution in [1.29, 1.82) is 0 Å².